The van der Waals surface area contributed by atoms with Crippen LogP contribution in [-0.2, 0) is 27.3 Å². The summed E-state index contributed by atoms with van der Waals surface area (Å²) in [6, 6.07) is 17.9. The Labute approximate surface area is 328 Å². The van der Waals surface area contributed by atoms with E-state index in [0.717, 1.165) is 47.9 Å². The van der Waals surface area contributed by atoms with Gasteiger partial charge in [-0.1, -0.05) is 24.3 Å². The maximum absolute atomic E-state index is 14.9. The van der Waals surface area contributed by atoms with Crippen molar-refractivity contribution in [1.82, 2.24) is 20.4 Å². The van der Waals surface area contributed by atoms with Crippen molar-refractivity contribution in [2.24, 2.45) is 0 Å². The maximum Gasteiger partial charge on any atom is 0.290 e. The van der Waals surface area contributed by atoms with Crippen LogP contribution in [0.4, 0.5) is 4.39 Å². The van der Waals surface area contributed by atoms with Crippen LogP contribution in [0.2, 0.25) is 0 Å². The lowest BCUT2D eigenvalue weighted by molar-refractivity contribution is -0.136. The zero-order valence-electron chi connectivity index (χ0n) is 31.0. The number of methoxy groups -OCH3 is 2. The average molecular weight is 824 g/mol. The Balaban J connectivity index is 0.00000166. The van der Waals surface area contributed by atoms with E-state index in [9.17, 15) is 19.1 Å². The van der Waals surface area contributed by atoms with E-state index in [2.05, 4.69) is 50.8 Å². The summed E-state index contributed by atoms with van der Waals surface area (Å²) in [5.74, 6) is 1.43. The fraction of sp³-hybridized carbons (Fsp3) is 0.439. The number of rotatable bonds is 13. The standard InChI is InChI=1S/C40H46BrFN4O6.CH2O2/c1-50-31-14-25(15-32(19-31)51-2)21-46(29-10-11-29)40(49)38-33(17-28-22-45(23-36(38)44-28)39(48)35-18-30(47)20-43-35)26-7-5-24(6-8-26)4-3-13-52-37-16-27(42)9-12-34(37)41;2-1-3/h5-9,12,14-16,19,28-30,35-36,43-44,47H,3-4,10-11,13,17-18,20-23H2,1-2H3;1H,(H,2,3)/t28-,30-,35+,36-;/m1./s1. The van der Waals surface area contributed by atoms with Gasteiger partial charge in [0, 0.05) is 56.0 Å². The SMILES string of the molecule is COc1cc(CN(C(=O)C2=C(c3ccc(CCCOc4cc(F)ccc4Br)cc3)C[C@@H]3CN(C(=O)[C@@H]4C[C@@H](O)CN4)C[C@H]2N3)C2CC2)cc(OC)c1.O=CO. The van der Waals surface area contributed by atoms with Gasteiger partial charge in [0.15, 0.2) is 0 Å². The molecule has 3 aromatic rings. The molecule has 0 radical (unpaired) electrons. The fourth-order valence-corrected chi connectivity index (χ4v) is 8.01. The van der Waals surface area contributed by atoms with Crippen LogP contribution >= 0.6 is 15.9 Å². The molecule has 55 heavy (non-hydrogen) atoms. The second kappa shape index (κ2) is 18.4. The van der Waals surface area contributed by atoms with E-state index in [1.165, 1.54) is 12.1 Å². The largest absolute Gasteiger partial charge is 0.497 e. The van der Waals surface area contributed by atoms with Gasteiger partial charge < -0.3 is 44.9 Å². The van der Waals surface area contributed by atoms with Gasteiger partial charge in [-0.15, -0.1) is 0 Å². The lowest BCUT2D eigenvalue weighted by Crippen LogP contribution is -2.63. The van der Waals surface area contributed by atoms with Crippen LogP contribution in [0.15, 0.2) is 70.7 Å². The molecule has 1 aliphatic carbocycles. The molecular weight excluding hydrogens is 775 g/mol. The predicted molar refractivity (Wildman–Crippen MR) is 207 cm³/mol. The minimum absolute atomic E-state index is 0.0171. The van der Waals surface area contributed by atoms with Gasteiger partial charge in [-0.25, -0.2) is 4.39 Å². The second-order valence-corrected chi connectivity index (χ2v) is 15.2. The fourth-order valence-electron chi connectivity index (χ4n) is 7.65. The first-order valence-corrected chi connectivity index (χ1v) is 19.4. The molecule has 3 fully saturated rings. The van der Waals surface area contributed by atoms with Gasteiger partial charge in [0.1, 0.15) is 23.1 Å². The van der Waals surface area contributed by atoms with Crippen LogP contribution in [0, 0.1) is 5.82 Å². The number of aryl methyl sites for hydroxylation is 1. The van der Waals surface area contributed by atoms with E-state index < -0.39 is 12.1 Å². The molecule has 4 atom stereocenters. The quantitative estimate of drug-likeness (QED) is 0.143. The molecule has 3 aliphatic heterocycles. The van der Waals surface area contributed by atoms with E-state index >= 15 is 0 Å². The molecule has 12 nitrogen and oxygen atoms in total. The maximum atomic E-state index is 14.9. The number of carboxylic acid groups (broad SMARTS) is 1. The van der Waals surface area contributed by atoms with E-state index in [1.54, 1.807) is 20.3 Å². The zero-order valence-corrected chi connectivity index (χ0v) is 32.6. The summed E-state index contributed by atoms with van der Waals surface area (Å²) in [7, 11) is 3.24. The second-order valence-electron chi connectivity index (χ2n) is 14.3. The number of halogens is 2. The highest BCUT2D eigenvalue weighted by Gasteiger charge is 2.44. The number of nitrogens with zero attached hydrogens (tertiary/aromatic N) is 2. The minimum Gasteiger partial charge on any atom is -0.497 e. The number of benzene rings is 3. The van der Waals surface area contributed by atoms with Gasteiger partial charge in [-0.2, -0.15) is 0 Å². The number of amides is 2. The molecular formula is C41H48BrFN4O8. The number of fused-ring (bicyclic) bond motifs is 2. The van der Waals surface area contributed by atoms with E-state index in [-0.39, 0.29) is 42.2 Å². The highest BCUT2D eigenvalue weighted by molar-refractivity contribution is 9.10. The van der Waals surface area contributed by atoms with Gasteiger partial charge in [-0.3, -0.25) is 14.4 Å². The van der Waals surface area contributed by atoms with Crippen molar-refractivity contribution in [2.75, 3.05) is 40.5 Å². The number of β-amino-alcohol motifs (C(OH)–C–C–N with tert-alkyl or cyclic N) is 1. The Hall–Kier alpha value is -4.50. The summed E-state index contributed by atoms with van der Waals surface area (Å²) in [5, 5.41) is 23.9. The molecule has 0 spiro atoms. The molecule has 2 bridgehead atoms. The Morgan fingerprint density at radius 1 is 1.02 bits per heavy atom. The number of hydrogen-bond donors (Lipinski definition) is 4. The molecule has 3 aromatic carbocycles. The highest BCUT2D eigenvalue weighted by Crippen LogP contribution is 2.38. The van der Waals surface area contributed by atoms with Gasteiger partial charge in [0.05, 0.1) is 43.5 Å². The summed E-state index contributed by atoms with van der Waals surface area (Å²) >= 11 is 3.41. The molecule has 1 saturated carbocycles. The number of piperazine rings is 1. The van der Waals surface area contributed by atoms with E-state index in [4.69, 9.17) is 24.1 Å². The van der Waals surface area contributed by atoms with Crippen LogP contribution in [0.25, 0.3) is 5.57 Å². The van der Waals surface area contributed by atoms with Crippen LogP contribution in [-0.4, -0.2) is 109 Å². The predicted octanol–water partition coefficient (Wildman–Crippen LogP) is 4.56. The van der Waals surface area contributed by atoms with Gasteiger partial charge in [-0.05, 0) is 101 Å². The van der Waals surface area contributed by atoms with Gasteiger partial charge in [0.25, 0.3) is 12.4 Å². The third kappa shape index (κ3) is 10.0. The first kappa shape index (κ1) is 40.2. The average Bonchev–Trinajstić information content (AvgIpc) is 3.94. The number of carbonyl (C=O) groups is 3. The van der Waals surface area contributed by atoms with Crippen molar-refractivity contribution < 1.29 is 43.2 Å². The molecule has 0 aromatic heterocycles. The molecule has 3 heterocycles. The Morgan fingerprint density at radius 3 is 2.36 bits per heavy atom. The lowest BCUT2D eigenvalue weighted by atomic mass is 9.82. The summed E-state index contributed by atoms with van der Waals surface area (Å²) in [6.45, 7) is 1.92. The number of hydrogen-bond acceptors (Lipinski definition) is 9. The molecule has 0 unspecified atom stereocenters. The highest BCUT2D eigenvalue weighted by atomic mass is 79.9. The number of nitrogens with one attached hydrogen (secondary N) is 2. The van der Waals surface area contributed by atoms with Crippen molar-refractivity contribution in [1.29, 1.82) is 0 Å². The summed E-state index contributed by atoms with van der Waals surface area (Å²) in [4.78, 5) is 40.8. The zero-order chi connectivity index (χ0) is 39.1. The summed E-state index contributed by atoms with van der Waals surface area (Å²) in [6.07, 6.45) is 3.87. The number of carbonyl (C=O) groups excluding carboxylic acids is 2. The van der Waals surface area contributed by atoms with Crippen molar-refractivity contribution in [3.05, 3.63) is 93.2 Å². The van der Waals surface area contributed by atoms with Crippen molar-refractivity contribution in [3.63, 3.8) is 0 Å². The third-order valence-corrected chi connectivity index (χ3v) is 11.1. The Morgan fingerprint density at radius 2 is 1.73 bits per heavy atom. The molecule has 7 rings (SSSR count). The molecule has 4 N–H and O–H groups in total. The van der Waals surface area contributed by atoms with Crippen molar-refractivity contribution >= 4 is 39.8 Å². The Kier molecular flexibility index (Phi) is 13.5. The number of ether oxygens (including phenoxy) is 3. The molecule has 4 aliphatic rings. The molecule has 14 heteroatoms. The molecule has 294 valence electrons. The van der Waals surface area contributed by atoms with Crippen molar-refractivity contribution in [2.45, 2.75) is 75.3 Å². The monoisotopic (exact) mass is 822 g/mol. The van der Waals surface area contributed by atoms with E-state index in [1.807, 2.05) is 28.0 Å². The number of aliphatic hydroxyl groups excluding tert-OH is 1. The first-order chi connectivity index (χ1) is 26.6. The lowest BCUT2D eigenvalue weighted by Gasteiger charge is -2.45. The smallest absolute Gasteiger partial charge is 0.290 e. The van der Waals surface area contributed by atoms with Crippen LogP contribution in [0.3, 0.4) is 0 Å². The number of aliphatic hydroxyl groups is 1. The van der Waals surface area contributed by atoms with Crippen LogP contribution < -0.4 is 24.8 Å². The molecule has 2 amide bonds. The normalized spacial score (nSPS) is 21.7. The molecule has 2 saturated heterocycles. The topological polar surface area (TPSA) is 150 Å². The van der Waals surface area contributed by atoms with Gasteiger partial charge >= 0.3 is 0 Å². The third-order valence-electron chi connectivity index (χ3n) is 10.4. The minimum atomic E-state index is -0.534. The van der Waals surface area contributed by atoms with E-state index in [0.29, 0.717) is 72.9 Å². The van der Waals surface area contributed by atoms with Crippen LogP contribution in [0.1, 0.15) is 48.8 Å². The van der Waals surface area contributed by atoms with Crippen molar-refractivity contribution in [3.8, 4) is 17.2 Å². The first-order valence-electron chi connectivity index (χ1n) is 18.6. The van der Waals surface area contributed by atoms with Crippen LogP contribution in [0.5, 0.6) is 17.2 Å². The Bertz CT molecular complexity index is 1850. The summed E-state index contributed by atoms with van der Waals surface area (Å²) < 4.78 is 31.3. The van der Waals surface area contributed by atoms with Gasteiger partial charge in [0.2, 0.25) is 5.91 Å². The summed E-state index contributed by atoms with van der Waals surface area (Å²) in [5.41, 5.74) is 4.78.